The highest BCUT2D eigenvalue weighted by Gasteiger charge is 2.59. The summed E-state index contributed by atoms with van der Waals surface area (Å²) in [5, 5.41) is 3.26. The molecule has 162 valence electrons. The van der Waals surface area contributed by atoms with Crippen molar-refractivity contribution in [2.24, 2.45) is 0 Å². The van der Waals surface area contributed by atoms with E-state index in [1.165, 1.54) is 11.1 Å². The molecule has 5 heteroatoms. The minimum atomic E-state index is -0.622. The van der Waals surface area contributed by atoms with E-state index in [-0.39, 0.29) is 11.3 Å². The fourth-order valence-corrected chi connectivity index (χ4v) is 4.61. The Hall–Kier alpha value is -3.21. The maximum atomic E-state index is 12.5. The van der Waals surface area contributed by atoms with Crippen molar-refractivity contribution >= 4 is 17.7 Å². The lowest BCUT2D eigenvalue weighted by molar-refractivity contribution is -0.118. The van der Waals surface area contributed by atoms with Gasteiger partial charge >= 0.3 is 0 Å². The van der Waals surface area contributed by atoms with Crippen LogP contribution < -0.4 is 19.7 Å². The summed E-state index contributed by atoms with van der Waals surface area (Å²) in [6.07, 6.45) is 4.15. The lowest BCUT2D eigenvalue weighted by atomic mass is 9.75. The molecular formula is C26H30N2O3. The van der Waals surface area contributed by atoms with Crippen molar-refractivity contribution in [3.05, 3.63) is 71.3 Å². The van der Waals surface area contributed by atoms with E-state index in [1.807, 2.05) is 31.2 Å². The van der Waals surface area contributed by atoms with Crippen LogP contribution in [-0.2, 0) is 10.2 Å². The summed E-state index contributed by atoms with van der Waals surface area (Å²) >= 11 is 0. The lowest BCUT2D eigenvalue weighted by Crippen LogP contribution is -2.58. The molecule has 0 saturated carbocycles. The summed E-state index contributed by atoms with van der Waals surface area (Å²) in [4.78, 5) is 14.7. The van der Waals surface area contributed by atoms with Gasteiger partial charge in [0.05, 0.1) is 13.7 Å². The second kappa shape index (κ2) is 7.49. The number of carbonyl (C=O) groups excluding carboxylic acids is 1. The van der Waals surface area contributed by atoms with Crippen LogP contribution >= 0.6 is 0 Å². The van der Waals surface area contributed by atoms with Crippen LogP contribution in [0, 0.1) is 6.92 Å². The number of carbonyl (C=O) groups is 1. The number of rotatable bonds is 6. The van der Waals surface area contributed by atoms with Gasteiger partial charge in [0, 0.05) is 11.1 Å². The zero-order valence-electron chi connectivity index (χ0n) is 18.9. The number of nitrogens with one attached hydrogen (secondary N) is 1. The summed E-state index contributed by atoms with van der Waals surface area (Å²) < 4.78 is 11.3. The Balaban J connectivity index is 1.71. The first-order valence-corrected chi connectivity index (χ1v) is 10.5. The number of aryl methyl sites for hydroxylation is 1. The Morgan fingerprint density at radius 2 is 2.00 bits per heavy atom. The second-order valence-corrected chi connectivity index (χ2v) is 9.04. The summed E-state index contributed by atoms with van der Waals surface area (Å²) in [7, 11) is 1.63. The molecule has 0 radical (unpaired) electrons. The van der Waals surface area contributed by atoms with Crippen LogP contribution in [0.25, 0.3) is 6.08 Å². The number of amides is 1. The van der Waals surface area contributed by atoms with E-state index in [4.69, 9.17) is 9.47 Å². The highest BCUT2D eigenvalue weighted by Crippen LogP contribution is 2.53. The van der Waals surface area contributed by atoms with Crippen LogP contribution in [0.15, 0.2) is 54.6 Å². The Morgan fingerprint density at radius 1 is 1.23 bits per heavy atom. The first-order chi connectivity index (χ1) is 14.7. The molecule has 2 heterocycles. The molecule has 2 aliphatic heterocycles. The van der Waals surface area contributed by atoms with Gasteiger partial charge in [-0.2, -0.15) is 0 Å². The lowest BCUT2D eigenvalue weighted by Gasteiger charge is -2.40. The Bertz CT molecular complexity index is 1090. The number of ether oxygens (including phenoxy) is 2. The number of fused-ring (bicyclic) bond motifs is 3. The Labute approximate surface area is 184 Å². The fraction of sp³-hybridized carbons (Fsp3) is 0.346. The molecule has 1 N–H and O–H groups in total. The van der Waals surface area contributed by atoms with Crippen molar-refractivity contribution < 1.29 is 14.3 Å². The molecule has 31 heavy (non-hydrogen) atoms. The molecule has 2 aliphatic rings. The van der Waals surface area contributed by atoms with Crippen molar-refractivity contribution in [1.82, 2.24) is 5.32 Å². The SMILES string of the molecule is C=C(C)COc1ccc(C=C[C@]23NC(=O)CN2c2ccc(C)cc2C3(C)C)cc1OC. The smallest absolute Gasteiger partial charge is 0.241 e. The molecule has 1 amide bonds. The second-order valence-electron chi connectivity index (χ2n) is 9.04. The third-order valence-corrected chi connectivity index (χ3v) is 6.31. The molecule has 0 aliphatic carbocycles. The summed E-state index contributed by atoms with van der Waals surface area (Å²) in [5.74, 6) is 1.38. The number of hydrogen-bond donors (Lipinski definition) is 1. The number of nitrogens with zero attached hydrogens (tertiary/aromatic N) is 1. The van der Waals surface area contributed by atoms with E-state index in [9.17, 15) is 4.79 Å². The van der Waals surface area contributed by atoms with Crippen molar-refractivity contribution in [3.8, 4) is 11.5 Å². The van der Waals surface area contributed by atoms with Gasteiger partial charge in [-0.1, -0.05) is 50.3 Å². The van der Waals surface area contributed by atoms with E-state index in [0.717, 1.165) is 16.8 Å². The minimum Gasteiger partial charge on any atom is -0.493 e. The molecule has 0 aromatic heterocycles. The topological polar surface area (TPSA) is 50.8 Å². The Kier molecular flexibility index (Phi) is 5.08. The van der Waals surface area contributed by atoms with Crippen molar-refractivity contribution in [2.75, 3.05) is 25.2 Å². The zero-order valence-corrected chi connectivity index (χ0v) is 18.9. The van der Waals surface area contributed by atoms with Crippen LogP contribution in [0.2, 0.25) is 0 Å². The standard InChI is InChI=1S/C26H30N2O3/c1-17(2)16-31-22-10-8-19(14-23(22)30-6)11-12-26-25(4,5)20-13-18(3)7-9-21(20)28(26)15-24(29)27-26/h7-14H,1,15-16H2,2-6H3,(H,27,29)/t26-/m0/s1. The van der Waals surface area contributed by atoms with E-state index < -0.39 is 5.66 Å². The van der Waals surface area contributed by atoms with Crippen molar-refractivity contribution in [2.45, 2.75) is 38.8 Å². The van der Waals surface area contributed by atoms with E-state index in [2.05, 4.69) is 61.8 Å². The molecule has 1 fully saturated rings. The van der Waals surface area contributed by atoms with Crippen molar-refractivity contribution in [3.63, 3.8) is 0 Å². The molecule has 1 atom stereocenters. The highest BCUT2D eigenvalue weighted by molar-refractivity contribution is 5.91. The molecule has 2 aromatic carbocycles. The van der Waals surface area contributed by atoms with E-state index in [1.54, 1.807) is 7.11 Å². The fourth-order valence-electron chi connectivity index (χ4n) is 4.61. The summed E-state index contributed by atoms with van der Waals surface area (Å²) in [6.45, 7) is 13.1. The predicted molar refractivity (Wildman–Crippen MR) is 125 cm³/mol. The van der Waals surface area contributed by atoms with E-state index >= 15 is 0 Å². The van der Waals surface area contributed by atoms with Crippen LogP contribution in [0.5, 0.6) is 11.5 Å². The number of benzene rings is 2. The van der Waals surface area contributed by atoms with Crippen LogP contribution in [0.1, 0.15) is 37.5 Å². The number of hydrogen-bond acceptors (Lipinski definition) is 4. The number of anilines is 1. The largest absolute Gasteiger partial charge is 0.493 e. The summed E-state index contributed by atoms with van der Waals surface area (Å²) in [6, 6.07) is 12.3. The molecule has 4 rings (SSSR count). The molecule has 0 unspecified atom stereocenters. The average Bonchev–Trinajstić information content (AvgIpc) is 3.15. The van der Waals surface area contributed by atoms with Gasteiger partial charge < -0.3 is 19.7 Å². The Morgan fingerprint density at radius 3 is 2.71 bits per heavy atom. The van der Waals surface area contributed by atoms with Gasteiger partial charge in [-0.15, -0.1) is 0 Å². The highest BCUT2D eigenvalue weighted by atomic mass is 16.5. The van der Waals surface area contributed by atoms with Gasteiger partial charge in [-0.3, -0.25) is 4.79 Å². The third-order valence-electron chi connectivity index (χ3n) is 6.31. The monoisotopic (exact) mass is 418 g/mol. The van der Waals surface area contributed by atoms with Gasteiger partial charge in [0.1, 0.15) is 12.3 Å². The first kappa shape index (κ1) is 21.0. The normalized spacial score (nSPS) is 21.1. The molecule has 1 saturated heterocycles. The maximum absolute atomic E-state index is 12.5. The molecule has 0 bridgehead atoms. The molecule has 0 spiro atoms. The average molecular weight is 419 g/mol. The van der Waals surface area contributed by atoms with Gasteiger partial charge in [-0.05, 0) is 54.8 Å². The van der Waals surface area contributed by atoms with Crippen molar-refractivity contribution in [1.29, 1.82) is 0 Å². The first-order valence-electron chi connectivity index (χ1n) is 10.5. The van der Waals surface area contributed by atoms with Crippen LogP contribution in [-0.4, -0.2) is 31.8 Å². The molecule has 5 nitrogen and oxygen atoms in total. The van der Waals surface area contributed by atoms with Gasteiger partial charge in [0.25, 0.3) is 0 Å². The quantitative estimate of drug-likeness (QED) is 0.697. The van der Waals surface area contributed by atoms with Gasteiger partial charge in [0.2, 0.25) is 5.91 Å². The number of methoxy groups -OCH3 is 1. The van der Waals surface area contributed by atoms with Gasteiger partial charge in [-0.25, -0.2) is 0 Å². The van der Waals surface area contributed by atoms with Crippen LogP contribution in [0.3, 0.4) is 0 Å². The van der Waals surface area contributed by atoms with E-state index in [0.29, 0.717) is 24.7 Å². The molecular weight excluding hydrogens is 388 g/mol. The van der Waals surface area contributed by atoms with Crippen LogP contribution in [0.4, 0.5) is 5.69 Å². The summed E-state index contributed by atoms with van der Waals surface area (Å²) in [5.41, 5.74) is 4.57. The van der Waals surface area contributed by atoms with Gasteiger partial charge in [0.15, 0.2) is 11.5 Å². The minimum absolute atomic E-state index is 0.0325. The third kappa shape index (κ3) is 3.38. The predicted octanol–water partition coefficient (Wildman–Crippen LogP) is 4.60. The molecule has 2 aromatic rings. The zero-order chi connectivity index (χ0) is 22.4. The maximum Gasteiger partial charge on any atom is 0.241 e.